The molecule has 18 heavy (non-hydrogen) atoms. The first-order chi connectivity index (χ1) is 8.72. The molecule has 0 unspecified atom stereocenters. The van der Waals surface area contributed by atoms with Crippen molar-refractivity contribution in [3.05, 3.63) is 35.4 Å². The van der Waals surface area contributed by atoms with Crippen LogP contribution in [0.3, 0.4) is 0 Å². The minimum Gasteiger partial charge on any atom is -0.409 e. The number of rotatable bonds is 2. The van der Waals surface area contributed by atoms with Crippen LogP contribution >= 0.6 is 11.8 Å². The Bertz CT molecular complexity index is 470. The lowest BCUT2D eigenvalue weighted by Gasteiger charge is -2.26. The first-order valence-corrected chi connectivity index (χ1v) is 6.83. The summed E-state index contributed by atoms with van der Waals surface area (Å²) in [7, 11) is 0. The zero-order valence-electron chi connectivity index (χ0n) is 9.87. The van der Waals surface area contributed by atoms with Crippen molar-refractivity contribution in [1.29, 1.82) is 0 Å². The Kier molecular flexibility index (Phi) is 4.09. The summed E-state index contributed by atoms with van der Waals surface area (Å²) in [6, 6.07) is 6.84. The van der Waals surface area contributed by atoms with E-state index in [1.54, 1.807) is 24.3 Å². The highest BCUT2D eigenvalue weighted by Crippen LogP contribution is 2.14. The number of thioether (sulfide) groups is 1. The van der Waals surface area contributed by atoms with E-state index in [9.17, 15) is 4.79 Å². The zero-order chi connectivity index (χ0) is 13.0. The molecule has 96 valence electrons. The van der Waals surface area contributed by atoms with Gasteiger partial charge in [-0.3, -0.25) is 4.79 Å². The molecule has 0 spiro atoms. The van der Waals surface area contributed by atoms with Crippen molar-refractivity contribution in [3.8, 4) is 0 Å². The van der Waals surface area contributed by atoms with Gasteiger partial charge in [-0.1, -0.05) is 17.3 Å². The second-order valence-electron chi connectivity index (χ2n) is 3.97. The van der Waals surface area contributed by atoms with Crippen molar-refractivity contribution in [2.75, 3.05) is 24.6 Å². The molecule has 1 amide bonds. The van der Waals surface area contributed by atoms with Crippen molar-refractivity contribution in [2.45, 2.75) is 0 Å². The van der Waals surface area contributed by atoms with Crippen LogP contribution in [-0.4, -0.2) is 46.4 Å². The fourth-order valence-electron chi connectivity index (χ4n) is 1.82. The van der Waals surface area contributed by atoms with Gasteiger partial charge in [-0.2, -0.15) is 11.8 Å². The molecule has 0 aromatic heterocycles. The Morgan fingerprint density at radius 1 is 1.33 bits per heavy atom. The highest BCUT2D eigenvalue weighted by atomic mass is 32.2. The molecule has 0 saturated carbocycles. The molecule has 0 atom stereocenters. The zero-order valence-corrected chi connectivity index (χ0v) is 10.7. The van der Waals surface area contributed by atoms with Crippen LogP contribution < -0.4 is 5.73 Å². The number of oxime groups is 1. The minimum absolute atomic E-state index is 0.00268. The van der Waals surface area contributed by atoms with E-state index < -0.39 is 0 Å². The lowest BCUT2D eigenvalue weighted by atomic mass is 10.1. The third-order valence-corrected chi connectivity index (χ3v) is 3.75. The first kappa shape index (κ1) is 12.8. The summed E-state index contributed by atoms with van der Waals surface area (Å²) in [4.78, 5) is 14.1. The smallest absolute Gasteiger partial charge is 0.253 e. The van der Waals surface area contributed by atoms with Gasteiger partial charge in [0.2, 0.25) is 0 Å². The molecular formula is C12H15N3O2S. The summed E-state index contributed by atoms with van der Waals surface area (Å²) in [5.74, 6) is 1.97. The van der Waals surface area contributed by atoms with Gasteiger partial charge in [0, 0.05) is 35.7 Å². The normalized spacial score (nSPS) is 16.7. The Morgan fingerprint density at radius 2 is 2.00 bits per heavy atom. The maximum Gasteiger partial charge on any atom is 0.253 e. The maximum atomic E-state index is 12.2. The third kappa shape index (κ3) is 2.76. The van der Waals surface area contributed by atoms with Gasteiger partial charge in [0.1, 0.15) is 0 Å². The molecule has 3 N–H and O–H groups in total. The number of amidine groups is 1. The number of carbonyl (C=O) groups is 1. The molecule has 1 aliphatic rings. The van der Waals surface area contributed by atoms with Gasteiger partial charge >= 0.3 is 0 Å². The molecule has 1 saturated heterocycles. The molecular weight excluding hydrogens is 250 g/mol. The van der Waals surface area contributed by atoms with Crippen molar-refractivity contribution in [1.82, 2.24) is 4.90 Å². The summed E-state index contributed by atoms with van der Waals surface area (Å²) in [5, 5.41) is 11.6. The van der Waals surface area contributed by atoms with Crippen molar-refractivity contribution in [3.63, 3.8) is 0 Å². The molecule has 1 aromatic carbocycles. The molecule has 1 heterocycles. The number of hydrogen-bond acceptors (Lipinski definition) is 4. The van der Waals surface area contributed by atoms with Crippen molar-refractivity contribution in [2.24, 2.45) is 10.9 Å². The van der Waals surface area contributed by atoms with E-state index in [1.807, 2.05) is 16.7 Å². The van der Waals surface area contributed by atoms with Gasteiger partial charge < -0.3 is 15.8 Å². The van der Waals surface area contributed by atoms with Gasteiger partial charge in [0.25, 0.3) is 5.91 Å². The molecule has 5 nitrogen and oxygen atoms in total. The molecule has 0 radical (unpaired) electrons. The summed E-state index contributed by atoms with van der Waals surface area (Å²) in [6.45, 7) is 1.55. The van der Waals surface area contributed by atoms with Gasteiger partial charge in [-0.25, -0.2) is 0 Å². The van der Waals surface area contributed by atoms with E-state index in [-0.39, 0.29) is 11.7 Å². The first-order valence-electron chi connectivity index (χ1n) is 5.67. The number of hydrogen-bond donors (Lipinski definition) is 2. The second-order valence-corrected chi connectivity index (χ2v) is 5.20. The second kappa shape index (κ2) is 5.77. The van der Waals surface area contributed by atoms with Gasteiger partial charge in [0.15, 0.2) is 5.84 Å². The fraction of sp³-hybridized carbons (Fsp3) is 0.333. The predicted molar refractivity (Wildman–Crippen MR) is 72.2 cm³/mol. The monoisotopic (exact) mass is 265 g/mol. The number of amides is 1. The molecule has 6 heteroatoms. The molecule has 1 aliphatic heterocycles. The van der Waals surface area contributed by atoms with Crippen LogP contribution in [0.1, 0.15) is 15.9 Å². The molecule has 2 rings (SSSR count). The molecule has 0 aliphatic carbocycles. The Morgan fingerprint density at radius 3 is 2.67 bits per heavy atom. The number of carbonyl (C=O) groups excluding carboxylic acids is 1. The Balaban J connectivity index is 2.19. The third-order valence-electron chi connectivity index (χ3n) is 2.81. The minimum atomic E-state index is 0.00268. The van der Waals surface area contributed by atoms with Gasteiger partial charge in [-0.05, 0) is 12.1 Å². The lowest BCUT2D eigenvalue weighted by molar-refractivity contribution is 0.0772. The molecule has 1 fully saturated rings. The van der Waals surface area contributed by atoms with Crippen LogP contribution in [0.2, 0.25) is 0 Å². The number of nitrogens with zero attached hydrogens (tertiary/aromatic N) is 2. The van der Waals surface area contributed by atoms with Gasteiger partial charge in [-0.15, -0.1) is 0 Å². The standard InChI is InChI=1S/C12H15N3O2S/c13-11(14-17)9-2-1-3-10(8-9)12(16)15-4-6-18-7-5-15/h1-3,8,17H,4-7H2,(H2,13,14). The van der Waals surface area contributed by atoms with E-state index in [2.05, 4.69) is 5.16 Å². The predicted octanol–water partition coefficient (Wildman–Crippen LogP) is 0.970. The highest BCUT2D eigenvalue weighted by molar-refractivity contribution is 7.99. The van der Waals surface area contributed by atoms with E-state index in [1.165, 1.54) is 0 Å². The van der Waals surface area contributed by atoms with Crippen LogP contribution in [0.25, 0.3) is 0 Å². The van der Waals surface area contributed by atoms with Crippen LogP contribution in [0.4, 0.5) is 0 Å². The van der Waals surface area contributed by atoms with Crippen LogP contribution in [0.15, 0.2) is 29.4 Å². The van der Waals surface area contributed by atoms with E-state index >= 15 is 0 Å². The van der Waals surface area contributed by atoms with E-state index in [0.29, 0.717) is 11.1 Å². The van der Waals surface area contributed by atoms with E-state index in [4.69, 9.17) is 10.9 Å². The van der Waals surface area contributed by atoms with Crippen LogP contribution in [0, 0.1) is 0 Å². The van der Waals surface area contributed by atoms with E-state index in [0.717, 1.165) is 24.6 Å². The summed E-state index contributed by atoms with van der Waals surface area (Å²) < 4.78 is 0. The highest BCUT2D eigenvalue weighted by Gasteiger charge is 2.18. The fourth-order valence-corrected chi connectivity index (χ4v) is 2.72. The average Bonchev–Trinajstić information content (AvgIpc) is 2.46. The van der Waals surface area contributed by atoms with Crippen molar-refractivity contribution < 1.29 is 10.0 Å². The topological polar surface area (TPSA) is 78.9 Å². The number of benzene rings is 1. The summed E-state index contributed by atoms with van der Waals surface area (Å²) in [5.41, 5.74) is 6.64. The Hall–Kier alpha value is -1.69. The summed E-state index contributed by atoms with van der Waals surface area (Å²) >= 11 is 1.86. The van der Waals surface area contributed by atoms with Crippen LogP contribution in [0.5, 0.6) is 0 Å². The largest absolute Gasteiger partial charge is 0.409 e. The molecule has 0 bridgehead atoms. The Labute approximate surface area is 110 Å². The number of nitrogens with two attached hydrogens (primary N) is 1. The van der Waals surface area contributed by atoms with Gasteiger partial charge in [0.05, 0.1) is 0 Å². The summed E-state index contributed by atoms with van der Waals surface area (Å²) in [6.07, 6.45) is 0. The lowest BCUT2D eigenvalue weighted by Crippen LogP contribution is -2.38. The molecule has 1 aromatic rings. The van der Waals surface area contributed by atoms with Crippen LogP contribution in [-0.2, 0) is 0 Å². The quantitative estimate of drug-likeness (QED) is 0.361. The SMILES string of the molecule is N/C(=N\O)c1cccc(C(=O)N2CCSCC2)c1. The van der Waals surface area contributed by atoms with Crippen molar-refractivity contribution >= 4 is 23.5 Å². The maximum absolute atomic E-state index is 12.2. The average molecular weight is 265 g/mol.